The first-order chi connectivity index (χ1) is 12.8. The van der Waals surface area contributed by atoms with Gasteiger partial charge in [-0.3, -0.25) is 4.79 Å². The molecule has 0 saturated carbocycles. The van der Waals surface area contributed by atoms with Crippen molar-refractivity contribution in [1.82, 2.24) is 4.72 Å². The predicted molar refractivity (Wildman–Crippen MR) is 109 cm³/mol. The highest BCUT2D eigenvalue weighted by Crippen LogP contribution is 2.25. The molecule has 0 bridgehead atoms. The van der Waals surface area contributed by atoms with Gasteiger partial charge in [-0.25, -0.2) is 13.1 Å². The number of hydrogen-bond donors (Lipinski definition) is 2. The summed E-state index contributed by atoms with van der Waals surface area (Å²) in [7, 11) is -3.50. The van der Waals surface area contributed by atoms with Gasteiger partial charge in [-0.15, -0.1) is 0 Å². The zero-order valence-corrected chi connectivity index (χ0v) is 16.2. The summed E-state index contributed by atoms with van der Waals surface area (Å²) in [5.74, 6) is -0.289. The molecule has 5 nitrogen and oxygen atoms in total. The highest BCUT2D eigenvalue weighted by molar-refractivity contribution is 7.88. The molecule has 7 heteroatoms. The van der Waals surface area contributed by atoms with Crippen molar-refractivity contribution < 1.29 is 13.2 Å². The molecule has 3 aromatic carbocycles. The van der Waals surface area contributed by atoms with Crippen LogP contribution in [0.25, 0.3) is 10.8 Å². The van der Waals surface area contributed by atoms with Crippen LogP contribution >= 0.6 is 11.6 Å². The average Bonchev–Trinajstić information content (AvgIpc) is 2.61. The van der Waals surface area contributed by atoms with Crippen molar-refractivity contribution in [2.45, 2.75) is 12.5 Å². The summed E-state index contributed by atoms with van der Waals surface area (Å²) < 4.78 is 26.0. The van der Waals surface area contributed by atoms with Gasteiger partial charge in [0.1, 0.15) is 0 Å². The van der Waals surface area contributed by atoms with E-state index in [-0.39, 0.29) is 12.3 Å². The Morgan fingerprint density at radius 1 is 1.00 bits per heavy atom. The molecule has 27 heavy (non-hydrogen) atoms. The first kappa shape index (κ1) is 19.4. The number of anilines is 1. The number of benzene rings is 3. The van der Waals surface area contributed by atoms with Gasteiger partial charge in [0.05, 0.1) is 12.3 Å². The molecule has 0 aliphatic carbocycles. The van der Waals surface area contributed by atoms with E-state index in [1.807, 2.05) is 42.5 Å². The predicted octanol–water partition coefficient (Wildman–Crippen LogP) is 4.11. The molecule has 3 aromatic rings. The second-order valence-corrected chi connectivity index (χ2v) is 8.49. The Morgan fingerprint density at radius 2 is 1.67 bits per heavy atom. The number of rotatable bonds is 6. The maximum absolute atomic E-state index is 12.6. The number of fused-ring (bicyclic) bond motifs is 1. The molecular weight excluding hydrogens is 384 g/mol. The van der Waals surface area contributed by atoms with Crippen LogP contribution in [-0.2, 0) is 14.8 Å². The fourth-order valence-electron chi connectivity index (χ4n) is 2.90. The largest absolute Gasteiger partial charge is 0.325 e. The lowest BCUT2D eigenvalue weighted by Crippen LogP contribution is -2.30. The van der Waals surface area contributed by atoms with Crippen molar-refractivity contribution in [2.24, 2.45) is 0 Å². The van der Waals surface area contributed by atoms with Gasteiger partial charge in [-0.1, -0.05) is 60.1 Å². The molecule has 1 atom stereocenters. The van der Waals surface area contributed by atoms with E-state index >= 15 is 0 Å². The Hall–Kier alpha value is -2.41. The molecule has 0 radical (unpaired) electrons. The fourth-order valence-corrected chi connectivity index (χ4v) is 3.76. The van der Waals surface area contributed by atoms with Gasteiger partial charge in [0.2, 0.25) is 15.9 Å². The number of halogens is 1. The lowest BCUT2D eigenvalue weighted by Gasteiger charge is -2.18. The van der Waals surface area contributed by atoms with Crippen LogP contribution in [0, 0.1) is 0 Å². The number of carbonyl (C=O) groups excluding carboxylic acids is 1. The highest BCUT2D eigenvalue weighted by Gasteiger charge is 2.20. The van der Waals surface area contributed by atoms with E-state index in [1.54, 1.807) is 24.3 Å². The standard InChI is InChI=1S/C20H19ClN2O3S/c1-27(25,26)23-19(15-9-11-16(21)12-10-15)13-20(24)22-18-8-4-6-14-5-2-3-7-17(14)18/h2-12,19,23H,13H2,1H3,(H,22,24)/t19-/m1/s1. The van der Waals surface area contributed by atoms with Crippen LogP contribution in [0.15, 0.2) is 66.7 Å². The third-order valence-electron chi connectivity index (χ3n) is 4.08. The Balaban J connectivity index is 1.82. The van der Waals surface area contributed by atoms with E-state index in [4.69, 9.17) is 11.6 Å². The van der Waals surface area contributed by atoms with Crippen molar-refractivity contribution >= 4 is 44.0 Å². The first-order valence-electron chi connectivity index (χ1n) is 8.32. The maximum atomic E-state index is 12.6. The molecule has 0 aliphatic rings. The molecule has 0 spiro atoms. The van der Waals surface area contributed by atoms with Crippen LogP contribution in [-0.4, -0.2) is 20.6 Å². The SMILES string of the molecule is CS(=O)(=O)N[C@H](CC(=O)Nc1cccc2ccccc12)c1ccc(Cl)cc1. The van der Waals surface area contributed by atoms with Gasteiger partial charge in [0, 0.05) is 22.5 Å². The quantitative estimate of drug-likeness (QED) is 0.651. The van der Waals surface area contributed by atoms with Gasteiger partial charge in [-0.05, 0) is 29.1 Å². The van der Waals surface area contributed by atoms with Gasteiger partial charge < -0.3 is 5.32 Å². The second-order valence-electron chi connectivity index (χ2n) is 6.27. The van der Waals surface area contributed by atoms with Crippen molar-refractivity contribution in [3.05, 3.63) is 77.3 Å². The number of carbonyl (C=O) groups is 1. The zero-order valence-electron chi connectivity index (χ0n) is 14.6. The highest BCUT2D eigenvalue weighted by atomic mass is 35.5. The summed E-state index contributed by atoms with van der Waals surface area (Å²) in [4.78, 5) is 12.6. The molecule has 1 amide bonds. The lowest BCUT2D eigenvalue weighted by molar-refractivity contribution is -0.116. The van der Waals surface area contributed by atoms with Gasteiger partial charge in [0.15, 0.2) is 0 Å². The number of amides is 1. The Bertz CT molecular complexity index is 1060. The van der Waals surface area contributed by atoms with Crippen LogP contribution in [0.4, 0.5) is 5.69 Å². The number of nitrogens with one attached hydrogen (secondary N) is 2. The van der Waals surface area contributed by atoms with Gasteiger partial charge >= 0.3 is 0 Å². The number of hydrogen-bond acceptors (Lipinski definition) is 3. The maximum Gasteiger partial charge on any atom is 0.226 e. The minimum Gasteiger partial charge on any atom is -0.325 e. The zero-order chi connectivity index (χ0) is 19.4. The Kier molecular flexibility index (Phi) is 5.79. The molecular formula is C20H19ClN2O3S. The van der Waals surface area contributed by atoms with Crippen molar-refractivity contribution in [1.29, 1.82) is 0 Å². The lowest BCUT2D eigenvalue weighted by atomic mass is 10.0. The molecule has 0 aromatic heterocycles. The molecule has 0 heterocycles. The second kappa shape index (κ2) is 8.08. The molecule has 0 aliphatic heterocycles. The van der Waals surface area contributed by atoms with E-state index in [2.05, 4.69) is 10.0 Å². The third kappa shape index (κ3) is 5.29. The summed E-state index contributed by atoms with van der Waals surface area (Å²) in [6.07, 6.45) is 1.02. The molecule has 3 rings (SSSR count). The van der Waals surface area contributed by atoms with Crippen molar-refractivity contribution in [3.8, 4) is 0 Å². The van der Waals surface area contributed by atoms with Crippen LogP contribution in [0.2, 0.25) is 5.02 Å². The average molecular weight is 403 g/mol. The fraction of sp³-hybridized carbons (Fsp3) is 0.150. The van der Waals surface area contributed by atoms with Crippen molar-refractivity contribution in [3.63, 3.8) is 0 Å². The Labute approximate surface area is 163 Å². The van der Waals surface area contributed by atoms with Gasteiger partial charge in [-0.2, -0.15) is 0 Å². The van der Waals surface area contributed by atoms with E-state index in [0.717, 1.165) is 17.0 Å². The summed E-state index contributed by atoms with van der Waals surface area (Å²) in [6, 6.07) is 19.4. The van der Waals surface area contributed by atoms with Crippen LogP contribution < -0.4 is 10.0 Å². The topological polar surface area (TPSA) is 75.3 Å². The number of sulfonamides is 1. The van der Waals surface area contributed by atoms with E-state index in [1.165, 1.54) is 0 Å². The summed E-state index contributed by atoms with van der Waals surface area (Å²) in [6.45, 7) is 0. The normalized spacial score (nSPS) is 12.7. The molecule has 0 unspecified atom stereocenters. The minimum absolute atomic E-state index is 0.0437. The minimum atomic E-state index is -3.50. The Morgan fingerprint density at radius 3 is 2.37 bits per heavy atom. The molecule has 0 saturated heterocycles. The summed E-state index contributed by atoms with van der Waals surface area (Å²) in [5.41, 5.74) is 1.35. The van der Waals surface area contributed by atoms with Gasteiger partial charge in [0.25, 0.3) is 0 Å². The summed E-state index contributed by atoms with van der Waals surface area (Å²) >= 11 is 5.90. The van der Waals surface area contributed by atoms with Crippen molar-refractivity contribution in [2.75, 3.05) is 11.6 Å². The molecule has 0 fully saturated rings. The molecule has 140 valence electrons. The third-order valence-corrected chi connectivity index (χ3v) is 5.05. The van der Waals surface area contributed by atoms with E-state index < -0.39 is 16.1 Å². The van der Waals surface area contributed by atoms with Crippen LogP contribution in [0.5, 0.6) is 0 Å². The first-order valence-corrected chi connectivity index (χ1v) is 10.6. The smallest absolute Gasteiger partial charge is 0.226 e. The van der Waals surface area contributed by atoms with E-state index in [9.17, 15) is 13.2 Å². The summed E-state index contributed by atoms with van der Waals surface area (Å²) in [5, 5.41) is 5.36. The van der Waals surface area contributed by atoms with Crippen LogP contribution in [0.3, 0.4) is 0 Å². The van der Waals surface area contributed by atoms with E-state index in [0.29, 0.717) is 16.3 Å². The monoisotopic (exact) mass is 402 g/mol. The van der Waals surface area contributed by atoms with Crippen LogP contribution in [0.1, 0.15) is 18.0 Å². The molecule has 2 N–H and O–H groups in total.